The normalized spacial score (nSPS) is 11.4. The second-order valence-electron chi connectivity index (χ2n) is 7.54. The number of aryl methyl sites for hydroxylation is 1. The van der Waals surface area contributed by atoms with Gasteiger partial charge in [-0.1, -0.05) is 54.2 Å². The second-order valence-corrected chi connectivity index (χ2v) is 8.48. The van der Waals surface area contributed by atoms with Crippen LogP contribution in [-0.2, 0) is 5.75 Å². The number of nitrogens with one attached hydrogen (secondary N) is 3. The summed E-state index contributed by atoms with van der Waals surface area (Å²) in [4.78, 5) is 17.1. The van der Waals surface area contributed by atoms with Gasteiger partial charge in [0.05, 0.1) is 22.5 Å². The summed E-state index contributed by atoms with van der Waals surface area (Å²) in [6.07, 6.45) is 0. The SMILES string of the molecule is Cc1cc(Nc2cc(-c3ccccc3)[nH]n2)n2nc(SCc3nc4ccccc4[nH]3)nc2n1. The molecule has 0 atom stereocenters. The highest BCUT2D eigenvalue weighted by Gasteiger charge is 2.13. The zero-order valence-electron chi connectivity index (χ0n) is 17.6. The fourth-order valence-corrected chi connectivity index (χ4v) is 4.30. The van der Waals surface area contributed by atoms with Crippen LogP contribution >= 0.6 is 11.8 Å². The van der Waals surface area contributed by atoms with Crippen LogP contribution in [0.25, 0.3) is 28.1 Å². The molecule has 0 spiro atoms. The molecule has 0 radical (unpaired) electrons. The third kappa shape index (κ3) is 3.92. The van der Waals surface area contributed by atoms with E-state index in [4.69, 9.17) is 0 Å². The van der Waals surface area contributed by atoms with Crippen molar-refractivity contribution >= 4 is 40.2 Å². The molecule has 33 heavy (non-hydrogen) atoms. The first-order chi connectivity index (χ1) is 16.2. The van der Waals surface area contributed by atoms with Gasteiger partial charge < -0.3 is 10.3 Å². The van der Waals surface area contributed by atoms with Gasteiger partial charge in [0.15, 0.2) is 5.82 Å². The number of anilines is 2. The number of para-hydroxylation sites is 2. The van der Waals surface area contributed by atoms with Gasteiger partial charge >= 0.3 is 0 Å². The van der Waals surface area contributed by atoms with Crippen molar-refractivity contribution < 1.29 is 0 Å². The van der Waals surface area contributed by atoms with Gasteiger partial charge in [0.2, 0.25) is 5.16 Å². The lowest BCUT2D eigenvalue weighted by Gasteiger charge is -2.05. The summed E-state index contributed by atoms with van der Waals surface area (Å²) in [7, 11) is 0. The van der Waals surface area contributed by atoms with Gasteiger partial charge in [0.1, 0.15) is 11.6 Å². The Morgan fingerprint density at radius 2 is 1.82 bits per heavy atom. The standard InChI is InChI=1S/C23H19N9S/c1-14-11-21(27-19-12-18(29-30-19)15-7-3-2-4-8-15)32-22(24-14)28-23(31-32)33-13-20-25-16-9-5-6-10-17(16)26-20/h2-12H,13H2,1H3,(H,25,26)(H2,27,29,30). The lowest BCUT2D eigenvalue weighted by Crippen LogP contribution is -2.02. The minimum Gasteiger partial charge on any atom is -0.341 e. The van der Waals surface area contributed by atoms with Gasteiger partial charge in [-0.05, 0) is 24.6 Å². The summed E-state index contributed by atoms with van der Waals surface area (Å²) < 4.78 is 1.70. The molecular formula is C23H19N9S. The van der Waals surface area contributed by atoms with E-state index in [1.54, 1.807) is 4.52 Å². The lowest BCUT2D eigenvalue weighted by molar-refractivity contribution is 0.880. The fourth-order valence-electron chi connectivity index (χ4n) is 3.61. The predicted octanol–water partition coefficient (Wildman–Crippen LogP) is 4.74. The molecule has 0 amide bonds. The summed E-state index contributed by atoms with van der Waals surface area (Å²) in [6, 6.07) is 21.9. The molecule has 6 rings (SSSR count). The van der Waals surface area contributed by atoms with E-state index >= 15 is 0 Å². The molecule has 4 aromatic heterocycles. The Morgan fingerprint density at radius 3 is 2.70 bits per heavy atom. The molecule has 0 bridgehead atoms. The van der Waals surface area contributed by atoms with E-state index in [-0.39, 0.29) is 0 Å². The molecule has 0 saturated carbocycles. The van der Waals surface area contributed by atoms with E-state index in [1.807, 2.05) is 73.7 Å². The van der Waals surface area contributed by atoms with Gasteiger partial charge in [-0.3, -0.25) is 5.10 Å². The average molecular weight is 454 g/mol. The predicted molar refractivity (Wildman–Crippen MR) is 128 cm³/mol. The van der Waals surface area contributed by atoms with Crippen LogP contribution in [0.15, 0.2) is 71.9 Å². The highest BCUT2D eigenvalue weighted by Crippen LogP contribution is 2.25. The Hall–Kier alpha value is -4.18. The van der Waals surface area contributed by atoms with Crippen LogP contribution in [-0.4, -0.2) is 39.7 Å². The molecule has 10 heteroatoms. The maximum Gasteiger partial charge on any atom is 0.255 e. The number of imidazole rings is 1. The van der Waals surface area contributed by atoms with Crippen LogP contribution in [0, 0.1) is 6.92 Å². The van der Waals surface area contributed by atoms with E-state index < -0.39 is 0 Å². The summed E-state index contributed by atoms with van der Waals surface area (Å²) in [5.74, 6) is 3.47. The smallest absolute Gasteiger partial charge is 0.255 e. The molecule has 0 saturated heterocycles. The third-order valence-electron chi connectivity index (χ3n) is 5.12. The van der Waals surface area contributed by atoms with Crippen LogP contribution in [0.5, 0.6) is 0 Å². The van der Waals surface area contributed by atoms with Crippen LogP contribution in [0.1, 0.15) is 11.5 Å². The van der Waals surface area contributed by atoms with E-state index in [0.717, 1.165) is 39.6 Å². The number of rotatable bonds is 6. The largest absolute Gasteiger partial charge is 0.341 e. The summed E-state index contributed by atoms with van der Waals surface area (Å²) in [5.41, 5.74) is 4.81. The van der Waals surface area contributed by atoms with Crippen molar-refractivity contribution in [1.29, 1.82) is 0 Å². The maximum absolute atomic E-state index is 4.65. The van der Waals surface area contributed by atoms with Gasteiger partial charge in [-0.15, -0.1) is 5.10 Å². The van der Waals surface area contributed by atoms with E-state index in [1.165, 1.54) is 11.8 Å². The molecule has 0 unspecified atom stereocenters. The number of aromatic nitrogens is 8. The van der Waals surface area contributed by atoms with E-state index in [9.17, 15) is 0 Å². The number of hydrogen-bond acceptors (Lipinski definition) is 7. The van der Waals surface area contributed by atoms with Crippen molar-refractivity contribution in [2.75, 3.05) is 5.32 Å². The maximum atomic E-state index is 4.65. The Morgan fingerprint density at radius 1 is 0.970 bits per heavy atom. The minimum atomic E-state index is 0.531. The number of hydrogen-bond donors (Lipinski definition) is 3. The average Bonchev–Trinajstić information content (AvgIpc) is 3.56. The molecular weight excluding hydrogens is 434 g/mol. The molecule has 162 valence electrons. The first kappa shape index (κ1) is 19.5. The second kappa shape index (κ2) is 8.06. The molecule has 4 heterocycles. The van der Waals surface area contributed by atoms with Crippen LogP contribution in [0.4, 0.5) is 11.6 Å². The van der Waals surface area contributed by atoms with Gasteiger partial charge in [-0.2, -0.15) is 14.6 Å². The van der Waals surface area contributed by atoms with Crippen molar-refractivity contribution in [2.45, 2.75) is 17.8 Å². The van der Waals surface area contributed by atoms with Crippen molar-refractivity contribution in [2.24, 2.45) is 0 Å². The van der Waals surface area contributed by atoms with E-state index in [0.29, 0.717) is 22.5 Å². The highest BCUT2D eigenvalue weighted by molar-refractivity contribution is 7.98. The van der Waals surface area contributed by atoms with Gasteiger partial charge in [0.25, 0.3) is 5.78 Å². The number of thioether (sulfide) groups is 1. The topological polar surface area (TPSA) is 112 Å². The molecule has 3 N–H and O–H groups in total. The van der Waals surface area contributed by atoms with Crippen molar-refractivity contribution in [3.05, 3.63) is 78.2 Å². The lowest BCUT2D eigenvalue weighted by atomic mass is 10.2. The number of H-pyrrole nitrogens is 2. The number of nitrogens with zero attached hydrogens (tertiary/aromatic N) is 6. The quantitative estimate of drug-likeness (QED) is 0.312. The van der Waals surface area contributed by atoms with Crippen molar-refractivity contribution in [3.63, 3.8) is 0 Å². The molecule has 6 aromatic rings. The van der Waals surface area contributed by atoms with Gasteiger partial charge in [-0.25, -0.2) is 9.97 Å². The molecule has 2 aromatic carbocycles. The number of aromatic amines is 2. The minimum absolute atomic E-state index is 0.531. The molecule has 9 nitrogen and oxygen atoms in total. The number of benzene rings is 2. The number of fused-ring (bicyclic) bond motifs is 2. The Labute approximate surface area is 192 Å². The fraction of sp³-hybridized carbons (Fsp3) is 0.0870. The van der Waals surface area contributed by atoms with Crippen molar-refractivity contribution in [1.82, 2.24) is 39.7 Å². The Kier molecular flexibility index (Phi) is 4.76. The Bertz CT molecular complexity index is 1530. The van der Waals surface area contributed by atoms with Gasteiger partial charge in [0, 0.05) is 17.8 Å². The Balaban J connectivity index is 1.25. The van der Waals surface area contributed by atoms with Crippen LogP contribution in [0.2, 0.25) is 0 Å². The first-order valence-electron chi connectivity index (χ1n) is 10.4. The van der Waals surface area contributed by atoms with Crippen molar-refractivity contribution in [3.8, 4) is 11.3 Å². The zero-order valence-corrected chi connectivity index (χ0v) is 18.5. The molecule has 0 fully saturated rings. The first-order valence-corrected chi connectivity index (χ1v) is 11.4. The molecule has 0 aliphatic rings. The molecule has 0 aliphatic carbocycles. The van der Waals surface area contributed by atoms with E-state index in [2.05, 4.69) is 40.5 Å². The summed E-state index contributed by atoms with van der Waals surface area (Å²) in [5, 5.41) is 16.1. The third-order valence-corrected chi connectivity index (χ3v) is 5.96. The van der Waals surface area contributed by atoms with Crippen LogP contribution < -0.4 is 5.32 Å². The monoisotopic (exact) mass is 453 g/mol. The highest BCUT2D eigenvalue weighted by atomic mass is 32.2. The summed E-state index contributed by atoms with van der Waals surface area (Å²) >= 11 is 1.51. The zero-order chi connectivity index (χ0) is 22.2. The van der Waals surface area contributed by atoms with Crippen LogP contribution in [0.3, 0.4) is 0 Å². The summed E-state index contributed by atoms with van der Waals surface area (Å²) in [6.45, 7) is 1.93. The molecule has 0 aliphatic heterocycles.